The van der Waals surface area contributed by atoms with Gasteiger partial charge in [0.05, 0.1) is 18.8 Å². The summed E-state index contributed by atoms with van der Waals surface area (Å²) in [6.45, 7) is 3.17. The number of rotatable bonds is 1. The molecule has 0 unspecified atom stereocenters. The van der Waals surface area contributed by atoms with Crippen LogP contribution < -0.4 is 0 Å². The monoisotopic (exact) mass is 313 g/mol. The molecular formula is C17H19N3O3. The summed E-state index contributed by atoms with van der Waals surface area (Å²) in [5.41, 5.74) is 0.800. The number of ether oxygens (including phenoxy) is 2. The van der Waals surface area contributed by atoms with Crippen molar-refractivity contribution in [3.05, 3.63) is 36.2 Å². The van der Waals surface area contributed by atoms with Crippen molar-refractivity contribution < 1.29 is 14.3 Å². The Labute approximate surface area is 134 Å². The average Bonchev–Trinajstić information content (AvgIpc) is 2.61. The van der Waals surface area contributed by atoms with E-state index in [1.807, 2.05) is 23.1 Å². The van der Waals surface area contributed by atoms with Crippen LogP contribution in [0.3, 0.4) is 0 Å². The second-order valence-corrected chi connectivity index (χ2v) is 6.12. The van der Waals surface area contributed by atoms with E-state index in [4.69, 9.17) is 9.47 Å². The smallest absolute Gasteiger partial charge is 0.272 e. The minimum Gasteiger partial charge on any atom is -0.381 e. The van der Waals surface area contributed by atoms with E-state index in [9.17, 15) is 4.79 Å². The molecule has 0 N–H and O–H groups in total. The number of carbonyl (C=O) groups excluding carboxylic acids is 1. The van der Waals surface area contributed by atoms with Crippen LogP contribution >= 0.6 is 0 Å². The van der Waals surface area contributed by atoms with Gasteiger partial charge in [0.25, 0.3) is 5.91 Å². The highest BCUT2D eigenvalue weighted by atomic mass is 16.5. The van der Waals surface area contributed by atoms with Crippen molar-refractivity contribution in [2.45, 2.75) is 18.4 Å². The van der Waals surface area contributed by atoms with Crippen LogP contribution in [0.4, 0.5) is 0 Å². The van der Waals surface area contributed by atoms with Crippen molar-refractivity contribution in [3.8, 4) is 0 Å². The maximum absolute atomic E-state index is 12.8. The summed E-state index contributed by atoms with van der Waals surface area (Å²) in [6, 6.07) is 7.48. The molecule has 23 heavy (non-hydrogen) atoms. The predicted molar refractivity (Wildman–Crippen MR) is 84.2 cm³/mol. The van der Waals surface area contributed by atoms with Gasteiger partial charge < -0.3 is 14.4 Å². The summed E-state index contributed by atoms with van der Waals surface area (Å²) in [6.07, 6.45) is 3.36. The first-order chi connectivity index (χ1) is 11.3. The predicted octanol–water partition coefficient (Wildman–Crippen LogP) is 1.65. The molecule has 2 aliphatic rings. The third-order valence-electron chi connectivity index (χ3n) is 4.62. The molecule has 1 amide bonds. The van der Waals surface area contributed by atoms with Gasteiger partial charge in [-0.3, -0.25) is 4.79 Å². The second kappa shape index (κ2) is 5.86. The SMILES string of the molecule is O=C(c1ccc2cccnc2n1)N1CCOC2(CCOCC2)C1. The Morgan fingerprint density at radius 1 is 1.17 bits per heavy atom. The highest BCUT2D eigenvalue weighted by molar-refractivity contribution is 5.94. The first-order valence-corrected chi connectivity index (χ1v) is 7.99. The lowest BCUT2D eigenvalue weighted by Gasteiger charge is -2.44. The Morgan fingerprint density at radius 3 is 2.91 bits per heavy atom. The fraction of sp³-hybridized carbons (Fsp3) is 0.471. The van der Waals surface area contributed by atoms with Gasteiger partial charge >= 0.3 is 0 Å². The molecular weight excluding hydrogens is 294 g/mol. The summed E-state index contributed by atoms with van der Waals surface area (Å²) in [4.78, 5) is 23.3. The van der Waals surface area contributed by atoms with Crippen molar-refractivity contribution in [1.29, 1.82) is 0 Å². The number of hydrogen-bond donors (Lipinski definition) is 0. The number of nitrogens with zero attached hydrogens (tertiary/aromatic N) is 3. The molecule has 6 nitrogen and oxygen atoms in total. The van der Waals surface area contributed by atoms with Crippen LogP contribution in [0.2, 0.25) is 0 Å². The lowest BCUT2D eigenvalue weighted by molar-refractivity contribution is -0.146. The highest BCUT2D eigenvalue weighted by Gasteiger charge is 2.40. The maximum Gasteiger partial charge on any atom is 0.272 e. The Hall–Kier alpha value is -2.05. The molecule has 4 rings (SSSR count). The molecule has 1 spiro atoms. The number of morpholine rings is 1. The molecule has 2 aromatic heterocycles. The van der Waals surface area contributed by atoms with Crippen LogP contribution in [0.1, 0.15) is 23.3 Å². The Morgan fingerprint density at radius 2 is 2.04 bits per heavy atom. The lowest BCUT2D eigenvalue weighted by Crippen LogP contribution is -2.56. The van der Waals surface area contributed by atoms with Crippen LogP contribution in [0, 0.1) is 0 Å². The van der Waals surface area contributed by atoms with Gasteiger partial charge in [0, 0.05) is 44.2 Å². The molecule has 0 saturated carbocycles. The molecule has 6 heteroatoms. The van der Waals surface area contributed by atoms with E-state index in [-0.39, 0.29) is 11.5 Å². The summed E-state index contributed by atoms with van der Waals surface area (Å²) >= 11 is 0. The van der Waals surface area contributed by atoms with Gasteiger partial charge in [-0.1, -0.05) is 0 Å². The van der Waals surface area contributed by atoms with Crippen LogP contribution in [-0.4, -0.2) is 59.3 Å². The lowest BCUT2D eigenvalue weighted by atomic mass is 9.92. The van der Waals surface area contributed by atoms with Gasteiger partial charge in [0.1, 0.15) is 5.69 Å². The van der Waals surface area contributed by atoms with Crippen molar-refractivity contribution in [2.75, 3.05) is 32.9 Å². The van der Waals surface area contributed by atoms with Crippen molar-refractivity contribution in [1.82, 2.24) is 14.9 Å². The molecule has 2 aliphatic heterocycles. The number of fused-ring (bicyclic) bond motifs is 1. The van der Waals surface area contributed by atoms with E-state index in [2.05, 4.69) is 9.97 Å². The second-order valence-electron chi connectivity index (χ2n) is 6.12. The molecule has 0 aromatic carbocycles. The number of hydrogen-bond acceptors (Lipinski definition) is 5. The molecule has 120 valence electrons. The first-order valence-electron chi connectivity index (χ1n) is 7.99. The molecule has 4 heterocycles. The topological polar surface area (TPSA) is 64.6 Å². The van der Waals surface area contributed by atoms with Gasteiger partial charge in [-0.25, -0.2) is 9.97 Å². The zero-order valence-electron chi connectivity index (χ0n) is 12.9. The minimum absolute atomic E-state index is 0.0493. The zero-order chi connectivity index (χ0) is 15.7. The largest absolute Gasteiger partial charge is 0.381 e. The molecule has 2 aromatic rings. The fourth-order valence-corrected chi connectivity index (χ4v) is 3.30. The van der Waals surface area contributed by atoms with Gasteiger partial charge in [-0.05, 0) is 24.3 Å². The average molecular weight is 313 g/mol. The third kappa shape index (κ3) is 2.80. The zero-order valence-corrected chi connectivity index (χ0v) is 12.9. The molecule has 0 aliphatic carbocycles. The normalized spacial score (nSPS) is 20.8. The quantitative estimate of drug-likeness (QED) is 0.801. The van der Waals surface area contributed by atoms with Crippen molar-refractivity contribution in [3.63, 3.8) is 0 Å². The molecule has 0 radical (unpaired) electrons. The van der Waals surface area contributed by atoms with Crippen molar-refractivity contribution >= 4 is 16.9 Å². The van der Waals surface area contributed by atoms with Crippen LogP contribution in [0.25, 0.3) is 11.0 Å². The maximum atomic E-state index is 12.8. The Balaban J connectivity index is 1.57. The van der Waals surface area contributed by atoms with Gasteiger partial charge in [0.15, 0.2) is 5.65 Å². The summed E-state index contributed by atoms with van der Waals surface area (Å²) in [5.74, 6) is -0.0493. The van der Waals surface area contributed by atoms with E-state index in [1.54, 1.807) is 12.3 Å². The van der Waals surface area contributed by atoms with E-state index < -0.39 is 0 Å². The number of aromatic nitrogens is 2. The third-order valence-corrected chi connectivity index (χ3v) is 4.62. The molecule has 2 fully saturated rings. The van der Waals surface area contributed by atoms with Gasteiger partial charge in [0.2, 0.25) is 0 Å². The Bertz CT molecular complexity index is 722. The van der Waals surface area contributed by atoms with E-state index in [0.717, 1.165) is 18.2 Å². The molecule has 0 atom stereocenters. The van der Waals surface area contributed by atoms with Gasteiger partial charge in [-0.2, -0.15) is 0 Å². The van der Waals surface area contributed by atoms with Crippen LogP contribution in [0.5, 0.6) is 0 Å². The van der Waals surface area contributed by atoms with E-state index in [0.29, 0.717) is 44.3 Å². The van der Waals surface area contributed by atoms with E-state index in [1.165, 1.54) is 0 Å². The molecule has 0 bridgehead atoms. The molecule has 2 saturated heterocycles. The first kappa shape index (κ1) is 14.5. The van der Waals surface area contributed by atoms with Crippen molar-refractivity contribution in [2.24, 2.45) is 0 Å². The number of amides is 1. The standard InChI is InChI=1S/C17H19N3O3/c21-16(14-4-3-13-2-1-7-18-15(13)19-14)20-8-11-23-17(12-20)5-9-22-10-6-17/h1-4,7H,5-6,8-12H2. The van der Waals surface area contributed by atoms with Gasteiger partial charge in [-0.15, -0.1) is 0 Å². The summed E-state index contributed by atoms with van der Waals surface area (Å²) in [5, 5.41) is 0.937. The highest BCUT2D eigenvalue weighted by Crippen LogP contribution is 2.29. The Kier molecular flexibility index (Phi) is 3.71. The van der Waals surface area contributed by atoms with E-state index >= 15 is 0 Å². The van der Waals surface area contributed by atoms with Crippen LogP contribution in [-0.2, 0) is 9.47 Å². The minimum atomic E-state index is -0.249. The number of pyridine rings is 2. The summed E-state index contributed by atoms with van der Waals surface area (Å²) < 4.78 is 11.4. The summed E-state index contributed by atoms with van der Waals surface area (Å²) in [7, 11) is 0. The number of carbonyl (C=O) groups is 1. The fourth-order valence-electron chi connectivity index (χ4n) is 3.30. The van der Waals surface area contributed by atoms with Crippen LogP contribution in [0.15, 0.2) is 30.5 Å².